The Balaban J connectivity index is 1.71. The van der Waals surface area contributed by atoms with Crippen LogP contribution in [-0.4, -0.2) is 22.6 Å². The van der Waals surface area contributed by atoms with Crippen molar-refractivity contribution in [2.24, 2.45) is 0 Å². The van der Waals surface area contributed by atoms with E-state index in [2.05, 4.69) is 22.2 Å². The molecule has 0 bridgehead atoms. The number of nitrogens with one attached hydrogen (secondary N) is 1. The van der Waals surface area contributed by atoms with E-state index in [0.29, 0.717) is 12.0 Å². The standard InChI is InChI=1S/C16H25N3O/c1-2-10-17-14-11-15(19-16(18-14)12-8-9-12)20-13-6-4-3-5-7-13/h11-13H,2-10H2,1H3,(H,17,18,19). The zero-order valence-electron chi connectivity index (χ0n) is 12.4. The molecule has 0 saturated heterocycles. The molecule has 0 radical (unpaired) electrons. The Morgan fingerprint density at radius 1 is 1.15 bits per heavy atom. The first kappa shape index (κ1) is 13.7. The van der Waals surface area contributed by atoms with Crippen LogP contribution in [0, 0.1) is 0 Å². The molecule has 0 amide bonds. The average Bonchev–Trinajstić information content (AvgIpc) is 3.31. The van der Waals surface area contributed by atoms with E-state index >= 15 is 0 Å². The second kappa shape index (κ2) is 6.42. The van der Waals surface area contributed by atoms with Crippen molar-refractivity contribution in [3.63, 3.8) is 0 Å². The highest BCUT2D eigenvalue weighted by Crippen LogP contribution is 2.39. The number of ether oxygens (including phenoxy) is 1. The molecule has 1 aromatic rings. The summed E-state index contributed by atoms with van der Waals surface area (Å²) in [6, 6.07) is 1.97. The van der Waals surface area contributed by atoms with Crippen LogP contribution in [0.3, 0.4) is 0 Å². The molecular weight excluding hydrogens is 250 g/mol. The molecular formula is C16H25N3O. The molecule has 20 heavy (non-hydrogen) atoms. The van der Waals surface area contributed by atoms with Gasteiger partial charge in [-0.2, -0.15) is 4.98 Å². The van der Waals surface area contributed by atoms with Crippen molar-refractivity contribution in [3.05, 3.63) is 11.9 Å². The van der Waals surface area contributed by atoms with E-state index < -0.39 is 0 Å². The normalized spacial score (nSPS) is 19.9. The van der Waals surface area contributed by atoms with Gasteiger partial charge in [-0.05, 0) is 44.9 Å². The van der Waals surface area contributed by atoms with Gasteiger partial charge in [-0.25, -0.2) is 4.98 Å². The first-order chi connectivity index (χ1) is 9.85. The zero-order valence-corrected chi connectivity index (χ0v) is 12.4. The summed E-state index contributed by atoms with van der Waals surface area (Å²) in [6.45, 7) is 3.11. The van der Waals surface area contributed by atoms with Crippen LogP contribution in [0.1, 0.15) is 70.0 Å². The lowest BCUT2D eigenvalue weighted by Gasteiger charge is -2.22. The van der Waals surface area contributed by atoms with E-state index in [1.807, 2.05) is 6.07 Å². The highest BCUT2D eigenvalue weighted by Gasteiger charge is 2.28. The fraction of sp³-hybridized carbons (Fsp3) is 0.750. The zero-order chi connectivity index (χ0) is 13.8. The highest BCUT2D eigenvalue weighted by molar-refractivity contribution is 5.39. The van der Waals surface area contributed by atoms with Gasteiger partial charge in [-0.15, -0.1) is 0 Å². The van der Waals surface area contributed by atoms with E-state index in [-0.39, 0.29) is 0 Å². The van der Waals surface area contributed by atoms with Gasteiger partial charge in [0, 0.05) is 18.5 Å². The third-order valence-electron chi connectivity index (χ3n) is 4.06. The Hall–Kier alpha value is -1.32. The molecule has 2 fully saturated rings. The summed E-state index contributed by atoms with van der Waals surface area (Å²) in [5.74, 6) is 3.23. The van der Waals surface area contributed by atoms with Gasteiger partial charge in [0.25, 0.3) is 0 Å². The highest BCUT2D eigenvalue weighted by atomic mass is 16.5. The van der Waals surface area contributed by atoms with Crippen LogP contribution in [0.15, 0.2) is 6.07 Å². The van der Waals surface area contributed by atoms with Gasteiger partial charge in [-0.3, -0.25) is 0 Å². The van der Waals surface area contributed by atoms with Crippen molar-refractivity contribution in [2.75, 3.05) is 11.9 Å². The second-order valence-electron chi connectivity index (χ2n) is 6.03. The number of nitrogens with zero attached hydrogens (tertiary/aromatic N) is 2. The molecule has 0 aliphatic heterocycles. The maximum absolute atomic E-state index is 6.10. The number of rotatable bonds is 6. The molecule has 1 N–H and O–H groups in total. The Kier molecular flexibility index (Phi) is 4.38. The number of hydrogen-bond acceptors (Lipinski definition) is 4. The topological polar surface area (TPSA) is 47.0 Å². The van der Waals surface area contributed by atoms with E-state index in [0.717, 1.165) is 30.5 Å². The first-order valence-corrected chi connectivity index (χ1v) is 8.14. The predicted octanol–water partition coefficient (Wildman–Crippen LogP) is 3.89. The number of aromatic nitrogens is 2. The molecule has 0 atom stereocenters. The smallest absolute Gasteiger partial charge is 0.219 e. The first-order valence-electron chi connectivity index (χ1n) is 8.14. The molecule has 2 saturated carbocycles. The summed E-state index contributed by atoms with van der Waals surface area (Å²) >= 11 is 0. The van der Waals surface area contributed by atoms with Gasteiger partial charge in [0.2, 0.25) is 5.88 Å². The monoisotopic (exact) mass is 275 g/mol. The third kappa shape index (κ3) is 3.62. The van der Waals surface area contributed by atoms with Gasteiger partial charge in [0.1, 0.15) is 17.7 Å². The van der Waals surface area contributed by atoms with Crippen molar-refractivity contribution in [1.82, 2.24) is 9.97 Å². The number of hydrogen-bond donors (Lipinski definition) is 1. The summed E-state index contributed by atoms with van der Waals surface area (Å²) in [5.41, 5.74) is 0. The van der Waals surface area contributed by atoms with Crippen LogP contribution >= 0.6 is 0 Å². The molecule has 0 spiro atoms. The van der Waals surface area contributed by atoms with E-state index in [1.54, 1.807) is 0 Å². The predicted molar refractivity (Wildman–Crippen MR) is 80.3 cm³/mol. The van der Waals surface area contributed by atoms with Crippen molar-refractivity contribution in [1.29, 1.82) is 0 Å². The minimum absolute atomic E-state index is 0.352. The maximum atomic E-state index is 6.10. The molecule has 0 unspecified atom stereocenters. The lowest BCUT2D eigenvalue weighted by Crippen LogP contribution is -2.20. The second-order valence-corrected chi connectivity index (χ2v) is 6.03. The van der Waals surface area contributed by atoms with Crippen LogP contribution in [-0.2, 0) is 0 Å². The van der Waals surface area contributed by atoms with Gasteiger partial charge in [0.15, 0.2) is 0 Å². The Morgan fingerprint density at radius 3 is 2.65 bits per heavy atom. The molecule has 3 rings (SSSR count). The van der Waals surface area contributed by atoms with Crippen LogP contribution in [0.25, 0.3) is 0 Å². The minimum atomic E-state index is 0.352. The molecule has 2 aliphatic carbocycles. The molecule has 1 heterocycles. The van der Waals surface area contributed by atoms with Crippen LogP contribution in [0.2, 0.25) is 0 Å². The van der Waals surface area contributed by atoms with Crippen molar-refractivity contribution < 1.29 is 4.74 Å². The minimum Gasteiger partial charge on any atom is -0.474 e. The van der Waals surface area contributed by atoms with Crippen LogP contribution in [0.5, 0.6) is 5.88 Å². The fourth-order valence-electron chi connectivity index (χ4n) is 2.72. The van der Waals surface area contributed by atoms with E-state index in [1.165, 1.54) is 44.9 Å². The van der Waals surface area contributed by atoms with Crippen molar-refractivity contribution in [2.45, 2.75) is 70.3 Å². The summed E-state index contributed by atoms with van der Waals surface area (Å²) in [4.78, 5) is 9.25. The average molecular weight is 275 g/mol. The summed E-state index contributed by atoms with van der Waals surface area (Å²) in [5, 5.41) is 3.36. The van der Waals surface area contributed by atoms with Gasteiger partial charge in [0.05, 0.1) is 0 Å². The summed E-state index contributed by atoms with van der Waals surface area (Å²) < 4.78 is 6.10. The molecule has 2 aliphatic rings. The summed E-state index contributed by atoms with van der Waals surface area (Å²) in [6.07, 6.45) is 10.1. The molecule has 1 aromatic heterocycles. The quantitative estimate of drug-likeness (QED) is 0.855. The molecule has 0 aromatic carbocycles. The lowest BCUT2D eigenvalue weighted by molar-refractivity contribution is 0.148. The largest absolute Gasteiger partial charge is 0.474 e. The Morgan fingerprint density at radius 2 is 1.95 bits per heavy atom. The molecule has 4 heteroatoms. The van der Waals surface area contributed by atoms with E-state index in [4.69, 9.17) is 4.74 Å². The Labute approximate surface area is 121 Å². The number of anilines is 1. The van der Waals surface area contributed by atoms with Gasteiger partial charge < -0.3 is 10.1 Å². The van der Waals surface area contributed by atoms with Gasteiger partial charge >= 0.3 is 0 Å². The van der Waals surface area contributed by atoms with Crippen molar-refractivity contribution >= 4 is 5.82 Å². The van der Waals surface area contributed by atoms with Crippen molar-refractivity contribution in [3.8, 4) is 5.88 Å². The molecule has 110 valence electrons. The van der Waals surface area contributed by atoms with Crippen LogP contribution < -0.4 is 10.1 Å². The van der Waals surface area contributed by atoms with Crippen LogP contribution in [0.4, 0.5) is 5.82 Å². The third-order valence-corrected chi connectivity index (χ3v) is 4.06. The Bertz CT molecular complexity index is 439. The fourth-order valence-corrected chi connectivity index (χ4v) is 2.72. The maximum Gasteiger partial charge on any atom is 0.219 e. The van der Waals surface area contributed by atoms with E-state index in [9.17, 15) is 0 Å². The van der Waals surface area contributed by atoms with Gasteiger partial charge in [-0.1, -0.05) is 13.3 Å². The molecule has 4 nitrogen and oxygen atoms in total. The summed E-state index contributed by atoms with van der Waals surface area (Å²) in [7, 11) is 0. The lowest BCUT2D eigenvalue weighted by atomic mass is 9.98. The SMILES string of the molecule is CCCNc1cc(OC2CCCCC2)nc(C2CC2)n1.